The number of halogens is 5. The van der Waals surface area contributed by atoms with E-state index in [4.69, 9.17) is 0 Å². The van der Waals surface area contributed by atoms with Gasteiger partial charge in [0.25, 0.3) is 0 Å². The highest BCUT2D eigenvalue weighted by Crippen LogP contribution is 2.33. The highest BCUT2D eigenvalue weighted by atomic mass is 32.3. The molecule has 0 bridgehead atoms. The number of aromatic nitrogens is 3. The maximum Gasteiger partial charge on any atom is 0.416 e. The monoisotopic (exact) mass is 460 g/mol. The number of benzene rings is 2. The minimum absolute atomic E-state index is 0.0319. The van der Waals surface area contributed by atoms with Crippen LogP contribution >= 0.6 is 0 Å². The van der Waals surface area contributed by atoms with Crippen LogP contribution in [0.4, 0.5) is 22.0 Å². The van der Waals surface area contributed by atoms with Crippen LogP contribution in [-0.2, 0) is 33.9 Å². The minimum Gasteiger partial charge on any atom is -0.593 e. The van der Waals surface area contributed by atoms with Crippen molar-refractivity contribution in [3.63, 3.8) is 0 Å². The molecule has 0 saturated carbocycles. The molecule has 0 spiro atoms. The second-order valence-electron chi connectivity index (χ2n) is 6.72. The van der Waals surface area contributed by atoms with Crippen molar-refractivity contribution in [3.8, 4) is 5.69 Å². The minimum atomic E-state index is -4.72. The number of nitrogens with zero attached hydrogens (tertiary/aromatic N) is 4. The zero-order valence-corrected chi connectivity index (χ0v) is 16.3. The smallest absolute Gasteiger partial charge is 0.416 e. The first-order chi connectivity index (χ1) is 14.5. The molecule has 1 aliphatic heterocycles. The largest absolute Gasteiger partial charge is 0.593 e. The van der Waals surface area contributed by atoms with Gasteiger partial charge in [-0.15, -0.1) is 9.40 Å². The molecule has 164 valence electrons. The summed E-state index contributed by atoms with van der Waals surface area (Å²) >= 11 is 0. The first-order valence-corrected chi connectivity index (χ1v) is 10.2. The van der Waals surface area contributed by atoms with Crippen molar-refractivity contribution >= 4 is 10.4 Å². The molecule has 1 aromatic heterocycles. The third-order valence-corrected chi connectivity index (χ3v) is 6.61. The van der Waals surface area contributed by atoms with E-state index in [2.05, 4.69) is 5.10 Å². The third-order valence-electron chi connectivity index (χ3n) is 4.77. The lowest BCUT2D eigenvalue weighted by molar-refractivity contribution is -0.137. The van der Waals surface area contributed by atoms with Crippen molar-refractivity contribution in [2.24, 2.45) is 0 Å². The summed E-state index contributed by atoms with van der Waals surface area (Å²) in [5.41, 5.74) is -2.18. The van der Waals surface area contributed by atoms with Crippen LogP contribution < -0.4 is 5.69 Å². The van der Waals surface area contributed by atoms with Crippen LogP contribution in [0.1, 0.15) is 11.4 Å². The van der Waals surface area contributed by atoms with Crippen LogP contribution in [0.3, 0.4) is 0 Å². The Kier molecular flexibility index (Phi) is 5.06. The van der Waals surface area contributed by atoms with E-state index in [9.17, 15) is 35.5 Å². The lowest BCUT2D eigenvalue weighted by atomic mass is 10.2. The number of hydrogen-bond acceptors (Lipinski definition) is 4. The zero-order valence-electron chi connectivity index (χ0n) is 15.5. The molecule has 1 aliphatic rings. The van der Waals surface area contributed by atoms with E-state index in [0.717, 1.165) is 39.2 Å². The van der Waals surface area contributed by atoms with E-state index in [1.807, 2.05) is 0 Å². The normalized spacial score (nSPS) is 16.7. The van der Waals surface area contributed by atoms with E-state index in [1.165, 1.54) is 0 Å². The van der Waals surface area contributed by atoms with E-state index < -0.39 is 50.9 Å². The Labute approximate surface area is 172 Å². The van der Waals surface area contributed by atoms with Gasteiger partial charge in [0.1, 0.15) is 18.0 Å². The number of fused-ring (bicyclic) bond motifs is 1. The topological polar surface area (TPSA) is 83.2 Å². The van der Waals surface area contributed by atoms with Crippen molar-refractivity contribution in [1.82, 2.24) is 18.7 Å². The molecule has 4 rings (SSSR count). The zero-order chi connectivity index (χ0) is 22.6. The fourth-order valence-electron chi connectivity index (χ4n) is 3.22. The van der Waals surface area contributed by atoms with Gasteiger partial charge in [0.05, 0.1) is 12.1 Å². The second-order valence-corrected chi connectivity index (χ2v) is 8.66. The lowest BCUT2D eigenvalue weighted by Crippen LogP contribution is -2.43. The highest BCUT2D eigenvalue weighted by molar-refractivity contribution is 7.95. The average molecular weight is 460 g/mol. The van der Waals surface area contributed by atoms with E-state index in [0.29, 0.717) is 16.8 Å². The van der Waals surface area contributed by atoms with Gasteiger partial charge in [-0.3, -0.25) is 4.57 Å². The molecule has 0 radical (unpaired) electrons. The van der Waals surface area contributed by atoms with Crippen molar-refractivity contribution in [2.75, 3.05) is 6.54 Å². The van der Waals surface area contributed by atoms with Crippen molar-refractivity contribution in [1.29, 1.82) is 0 Å². The summed E-state index contributed by atoms with van der Waals surface area (Å²) in [5.74, 6) is -1.92. The van der Waals surface area contributed by atoms with Crippen molar-refractivity contribution in [2.45, 2.75) is 24.2 Å². The molecule has 7 nitrogen and oxygen atoms in total. The van der Waals surface area contributed by atoms with Crippen LogP contribution in [0, 0.1) is 11.6 Å². The summed E-state index contributed by atoms with van der Waals surface area (Å²) in [6.07, 6.45) is -4.72. The molecule has 0 fully saturated rings. The van der Waals surface area contributed by atoms with Crippen molar-refractivity contribution < 1.29 is 30.7 Å². The van der Waals surface area contributed by atoms with Crippen LogP contribution in [0.5, 0.6) is 0 Å². The van der Waals surface area contributed by atoms with E-state index >= 15 is 0 Å². The molecular weight excluding hydrogens is 447 g/mol. The average Bonchev–Trinajstić information content (AvgIpc) is 3.03. The molecule has 0 amide bonds. The maximum absolute atomic E-state index is 14.1. The summed E-state index contributed by atoms with van der Waals surface area (Å²) in [7, 11) is -4.32. The molecule has 0 aliphatic carbocycles. The third kappa shape index (κ3) is 3.79. The van der Waals surface area contributed by atoms with Gasteiger partial charge in [-0.2, -0.15) is 17.9 Å². The fourth-order valence-corrected chi connectivity index (χ4v) is 4.66. The predicted octanol–water partition coefficient (Wildman–Crippen LogP) is 2.75. The lowest BCUT2D eigenvalue weighted by Gasteiger charge is -2.30. The van der Waals surface area contributed by atoms with Gasteiger partial charge in [-0.1, -0.05) is 10.3 Å². The first kappa shape index (κ1) is 21.3. The summed E-state index contributed by atoms with van der Waals surface area (Å²) in [5, 5.41) is 3.94. The van der Waals surface area contributed by atoms with Gasteiger partial charge in [0.2, 0.25) is 0 Å². The maximum atomic E-state index is 14.1. The second kappa shape index (κ2) is 7.35. The molecular formula is C18H13F5N4O3S. The Bertz CT molecular complexity index is 1270. The Hall–Kier alpha value is -2.90. The summed E-state index contributed by atoms with van der Waals surface area (Å²) in [6, 6.07) is 5.84. The van der Waals surface area contributed by atoms with Gasteiger partial charge < -0.3 is 4.55 Å². The SMILES string of the molecule is O=c1n(-c2ccc(F)cc2F)nc2n1CCN([S+](=O)([O-])c1cccc(C(F)(F)F)c1)C2. The van der Waals surface area contributed by atoms with Crippen LogP contribution in [0.15, 0.2) is 52.2 Å². The molecule has 1 atom stereocenters. The quantitative estimate of drug-likeness (QED) is 0.445. The van der Waals surface area contributed by atoms with E-state index in [-0.39, 0.29) is 24.6 Å². The molecule has 0 saturated heterocycles. The molecule has 0 N–H and O–H groups in total. The van der Waals surface area contributed by atoms with Crippen LogP contribution in [0.25, 0.3) is 5.69 Å². The van der Waals surface area contributed by atoms with E-state index in [1.54, 1.807) is 0 Å². The Morgan fingerprint density at radius 1 is 1.06 bits per heavy atom. The Morgan fingerprint density at radius 3 is 2.48 bits per heavy atom. The van der Waals surface area contributed by atoms with Gasteiger partial charge >= 0.3 is 11.9 Å². The number of sulfonamides is 1. The molecule has 13 heteroatoms. The fraction of sp³-hybridized carbons (Fsp3) is 0.222. The van der Waals surface area contributed by atoms with Gasteiger partial charge in [0.15, 0.2) is 26.9 Å². The number of hydrogen-bond donors (Lipinski definition) is 0. The molecule has 2 aromatic carbocycles. The Morgan fingerprint density at radius 2 is 1.81 bits per heavy atom. The summed E-state index contributed by atoms with van der Waals surface area (Å²) in [4.78, 5) is 12.0. The first-order valence-electron chi connectivity index (χ1n) is 8.80. The molecule has 3 aromatic rings. The molecule has 1 unspecified atom stereocenters. The van der Waals surface area contributed by atoms with Crippen LogP contribution in [-0.4, -0.2) is 29.8 Å². The van der Waals surface area contributed by atoms with Crippen molar-refractivity contribution in [3.05, 3.63) is 76.0 Å². The molecule has 2 heterocycles. The number of alkyl halides is 3. The number of rotatable bonds is 3. The Balaban J connectivity index is 1.68. The summed E-state index contributed by atoms with van der Waals surface area (Å²) < 4.78 is 94.5. The highest BCUT2D eigenvalue weighted by Gasteiger charge is 2.38. The predicted molar refractivity (Wildman–Crippen MR) is 96.7 cm³/mol. The van der Waals surface area contributed by atoms with Crippen LogP contribution in [0.2, 0.25) is 0 Å². The van der Waals surface area contributed by atoms with Gasteiger partial charge in [0, 0.05) is 18.7 Å². The van der Waals surface area contributed by atoms with Gasteiger partial charge in [-0.05, 0) is 24.3 Å². The standard InChI is InChI=1S/C18H13F5N4O3S/c19-12-4-5-15(14(20)9-12)27-17(28)26-7-6-25(10-16(26)24-27)31(29,30)13-3-1-2-11(8-13)18(21,22)23/h1-5,8-9H,6-7,10H2. The van der Waals surface area contributed by atoms with Gasteiger partial charge in [-0.25, -0.2) is 13.6 Å². The summed E-state index contributed by atoms with van der Waals surface area (Å²) in [6.45, 7) is -0.762. The molecule has 31 heavy (non-hydrogen) atoms.